The monoisotopic (exact) mass is 291 g/mol. The summed E-state index contributed by atoms with van der Waals surface area (Å²) >= 11 is 0. The second-order valence-electron chi connectivity index (χ2n) is 5.89. The number of nitrogens with zero attached hydrogens (tertiary/aromatic N) is 3. The molecule has 1 heterocycles. The second-order valence-corrected chi connectivity index (χ2v) is 5.89. The van der Waals surface area contributed by atoms with Crippen LogP contribution in [-0.2, 0) is 0 Å². The molecule has 0 radical (unpaired) electrons. The molecule has 1 fully saturated rings. The molecule has 1 aromatic carbocycles. The number of hydrogen-bond acceptors (Lipinski definition) is 5. The lowest BCUT2D eigenvalue weighted by Gasteiger charge is -2.34. The topological polar surface area (TPSA) is 47.0 Å². The van der Waals surface area contributed by atoms with Gasteiger partial charge in [-0.3, -0.25) is 14.6 Å². The van der Waals surface area contributed by atoms with Crippen molar-refractivity contribution in [3.8, 4) is 5.75 Å². The highest BCUT2D eigenvalue weighted by molar-refractivity contribution is 5.97. The molecular weight excluding hydrogens is 266 g/mol. The van der Waals surface area contributed by atoms with E-state index >= 15 is 0 Å². The summed E-state index contributed by atoms with van der Waals surface area (Å²) in [5.41, 5.74) is 0.669. The van der Waals surface area contributed by atoms with E-state index in [-0.39, 0.29) is 11.5 Å². The molecule has 5 heteroatoms. The molecular formula is C16H25N3O2. The highest BCUT2D eigenvalue weighted by Crippen LogP contribution is 2.11. The van der Waals surface area contributed by atoms with E-state index in [4.69, 9.17) is 0 Å². The number of phenolic OH excluding ortho intramolecular Hbond substituents is 1. The summed E-state index contributed by atoms with van der Waals surface area (Å²) in [4.78, 5) is 19.0. The van der Waals surface area contributed by atoms with Crippen LogP contribution in [0.2, 0.25) is 0 Å². The first kappa shape index (κ1) is 15.9. The summed E-state index contributed by atoms with van der Waals surface area (Å²) in [5.74, 6) is 0.317. The number of likely N-dealkylation sites (N-methyl/N-ethyl adjacent to an activating group) is 1. The van der Waals surface area contributed by atoms with Crippen LogP contribution in [-0.4, -0.2) is 85.5 Å². The third kappa shape index (κ3) is 5.12. The third-order valence-corrected chi connectivity index (χ3v) is 3.88. The Labute approximate surface area is 126 Å². The second kappa shape index (κ2) is 7.54. The van der Waals surface area contributed by atoms with E-state index in [9.17, 15) is 9.90 Å². The van der Waals surface area contributed by atoms with E-state index in [0.717, 1.165) is 39.3 Å². The number of Topliss-reactive ketones (excluding diaryl/α,β-unsaturated/α-hetero) is 1. The first-order valence-corrected chi connectivity index (χ1v) is 7.46. The van der Waals surface area contributed by atoms with Crippen molar-refractivity contribution >= 4 is 5.78 Å². The summed E-state index contributed by atoms with van der Waals surface area (Å²) in [6, 6.07) is 6.49. The maximum absolute atomic E-state index is 12.2. The third-order valence-electron chi connectivity index (χ3n) is 3.88. The van der Waals surface area contributed by atoms with E-state index < -0.39 is 0 Å². The normalized spacial score (nSPS) is 17.3. The molecule has 0 spiro atoms. The van der Waals surface area contributed by atoms with Crippen molar-refractivity contribution in [1.29, 1.82) is 0 Å². The molecule has 1 aliphatic rings. The number of carbonyl (C=O) groups excluding carboxylic acids is 1. The minimum Gasteiger partial charge on any atom is -0.508 e. The van der Waals surface area contributed by atoms with Crippen molar-refractivity contribution in [3.05, 3.63) is 29.8 Å². The maximum atomic E-state index is 12.2. The zero-order valence-electron chi connectivity index (χ0n) is 13.0. The van der Waals surface area contributed by atoms with E-state index in [1.807, 2.05) is 0 Å². The van der Waals surface area contributed by atoms with Crippen LogP contribution in [0.4, 0.5) is 0 Å². The van der Waals surface area contributed by atoms with Crippen molar-refractivity contribution in [3.63, 3.8) is 0 Å². The van der Waals surface area contributed by atoms with Crippen LogP contribution in [0, 0.1) is 0 Å². The number of carbonyl (C=O) groups is 1. The van der Waals surface area contributed by atoms with Gasteiger partial charge in [-0.2, -0.15) is 0 Å². The van der Waals surface area contributed by atoms with Gasteiger partial charge in [-0.25, -0.2) is 0 Å². The summed E-state index contributed by atoms with van der Waals surface area (Å²) in [6.07, 6.45) is 0. The minimum absolute atomic E-state index is 0.122. The number of aromatic hydroxyl groups is 1. The van der Waals surface area contributed by atoms with Crippen LogP contribution < -0.4 is 0 Å². The summed E-state index contributed by atoms with van der Waals surface area (Å²) in [7, 11) is 4.18. The Bertz CT molecular complexity index is 451. The molecule has 0 unspecified atom stereocenters. The average Bonchev–Trinajstić information content (AvgIpc) is 2.47. The van der Waals surface area contributed by atoms with Gasteiger partial charge >= 0.3 is 0 Å². The van der Waals surface area contributed by atoms with Gasteiger partial charge in [-0.05, 0) is 38.4 Å². The van der Waals surface area contributed by atoms with Crippen LogP contribution in [0.3, 0.4) is 0 Å². The fourth-order valence-electron chi connectivity index (χ4n) is 2.45. The molecule has 0 amide bonds. The Morgan fingerprint density at radius 3 is 2.24 bits per heavy atom. The summed E-state index contributed by atoms with van der Waals surface area (Å²) in [5, 5.41) is 9.25. The quantitative estimate of drug-likeness (QED) is 0.784. The predicted molar refractivity (Wildman–Crippen MR) is 83.9 cm³/mol. The number of hydrogen-bond donors (Lipinski definition) is 1. The molecule has 0 aliphatic carbocycles. The van der Waals surface area contributed by atoms with Crippen molar-refractivity contribution in [2.45, 2.75) is 0 Å². The first-order chi connectivity index (χ1) is 10.0. The highest BCUT2D eigenvalue weighted by Gasteiger charge is 2.19. The molecule has 21 heavy (non-hydrogen) atoms. The summed E-state index contributed by atoms with van der Waals surface area (Å²) < 4.78 is 0. The van der Waals surface area contributed by atoms with Crippen LogP contribution in [0.1, 0.15) is 10.4 Å². The van der Waals surface area contributed by atoms with E-state index in [2.05, 4.69) is 28.8 Å². The molecule has 0 atom stereocenters. The van der Waals surface area contributed by atoms with Gasteiger partial charge in [0, 0.05) is 44.8 Å². The molecule has 0 aromatic heterocycles. The van der Waals surface area contributed by atoms with E-state index in [1.54, 1.807) is 24.3 Å². The molecule has 1 aromatic rings. The highest BCUT2D eigenvalue weighted by atomic mass is 16.3. The standard InChI is InChI=1S/C16H25N3O2/c1-17(2)7-8-18-9-11-19(12-10-18)13-16(21)14-3-5-15(20)6-4-14/h3-6,20H,7-13H2,1-2H3. The molecule has 1 aliphatic heterocycles. The van der Waals surface area contributed by atoms with Gasteiger partial charge in [0.05, 0.1) is 6.54 Å². The van der Waals surface area contributed by atoms with Crippen LogP contribution >= 0.6 is 0 Å². The molecule has 5 nitrogen and oxygen atoms in total. The fourth-order valence-corrected chi connectivity index (χ4v) is 2.45. The number of phenols is 1. The first-order valence-electron chi connectivity index (χ1n) is 7.46. The van der Waals surface area contributed by atoms with Gasteiger partial charge in [0.25, 0.3) is 0 Å². The summed E-state index contributed by atoms with van der Waals surface area (Å²) in [6.45, 7) is 6.56. The lowest BCUT2D eigenvalue weighted by molar-refractivity contribution is 0.0844. The Morgan fingerprint density at radius 2 is 1.67 bits per heavy atom. The Balaban J connectivity index is 1.75. The molecule has 0 saturated carbocycles. The maximum Gasteiger partial charge on any atom is 0.176 e. The zero-order chi connectivity index (χ0) is 15.2. The smallest absolute Gasteiger partial charge is 0.176 e. The molecule has 116 valence electrons. The van der Waals surface area contributed by atoms with Crippen LogP contribution in [0.5, 0.6) is 5.75 Å². The molecule has 2 rings (SSSR count). The number of rotatable bonds is 6. The van der Waals surface area contributed by atoms with Crippen LogP contribution in [0.15, 0.2) is 24.3 Å². The zero-order valence-corrected chi connectivity index (χ0v) is 13.0. The Hall–Kier alpha value is -1.43. The van der Waals surface area contributed by atoms with Gasteiger partial charge in [-0.1, -0.05) is 0 Å². The SMILES string of the molecule is CN(C)CCN1CCN(CC(=O)c2ccc(O)cc2)CC1. The van der Waals surface area contributed by atoms with Gasteiger partial charge in [0.2, 0.25) is 0 Å². The largest absolute Gasteiger partial charge is 0.508 e. The average molecular weight is 291 g/mol. The van der Waals surface area contributed by atoms with Crippen molar-refractivity contribution in [2.75, 3.05) is 59.9 Å². The van der Waals surface area contributed by atoms with Crippen molar-refractivity contribution in [1.82, 2.24) is 14.7 Å². The number of piperazine rings is 1. The van der Waals surface area contributed by atoms with Crippen molar-refractivity contribution in [2.24, 2.45) is 0 Å². The minimum atomic E-state index is 0.122. The fraction of sp³-hybridized carbons (Fsp3) is 0.562. The predicted octanol–water partition coefficient (Wildman–Crippen LogP) is 0.754. The van der Waals surface area contributed by atoms with Gasteiger partial charge < -0.3 is 10.0 Å². The number of ketones is 1. The van der Waals surface area contributed by atoms with E-state index in [1.165, 1.54) is 0 Å². The Kier molecular flexibility index (Phi) is 5.73. The van der Waals surface area contributed by atoms with Crippen LogP contribution in [0.25, 0.3) is 0 Å². The van der Waals surface area contributed by atoms with E-state index in [0.29, 0.717) is 12.1 Å². The molecule has 1 N–H and O–H groups in total. The Morgan fingerprint density at radius 1 is 1.10 bits per heavy atom. The number of benzene rings is 1. The van der Waals surface area contributed by atoms with Gasteiger partial charge in [-0.15, -0.1) is 0 Å². The van der Waals surface area contributed by atoms with Gasteiger partial charge in [0.15, 0.2) is 5.78 Å². The van der Waals surface area contributed by atoms with Gasteiger partial charge in [0.1, 0.15) is 5.75 Å². The lowest BCUT2D eigenvalue weighted by atomic mass is 10.1. The van der Waals surface area contributed by atoms with Crippen molar-refractivity contribution < 1.29 is 9.90 Å². The molecule has 1 saturated heterocycles. The lowest BCUT2D eigenvalue weighted by Crippen LogP contribution is -2.49. The molecule has 0 bridgehead atoms.